The molecule has 0 atom stereocenters. The molecule has 0 bridgehead atoms. The molecule has 0 heterocycles. The molecule has 2 heteroatoms. The quantitative estimate of drug-likeness (QED) is 0.756. The zero-order valence-electron chi connectivity index (χ0n) is 8.78. The molecule has 0 saturated heterocycles. The predicted molar refractivity (Wildman–Crippen MR) is 66.3 cm³/mol. The van der Waals surface area contributed by atoms with E-state index >= 15 is 0 Å². The van der Waals surface area contributed by atoms with Crippen molar-refractivity contribution < 1.29 is 4.39 Å². The van der Waals surface area contributed by atoms with Gasteiger partial charge >= 0.3 is 0 Å². The molecule has 2 aromatic rings. The zero-order valence-corrected chi connectivity index (χ0v) is 8.78. The number of benzene rings is 2. The lowest BCUT2D eigenvalue weighted by Crippen LogP contribution is -1.94. The van der Waals surface area contributed by atoms with Crippen LogP contribution >= 0.6 is 0 Å². The van der Waals surface area contributed by atoms with Gasteiger partial charge in [0.1, 0.15) is 0 Å². The molecule has 0 aromatic heterocycles. The SMILES string of the molecule is C=Cc1ccccc1-c1cccc(N)c1F. The first-order chi connectivity index (χ1) is 7.74. The van der Waals surface area contributed by atoms with Crippen LogP contribution in [0.25, 0.3) is 17.2 Å². The van der Waals surface area contributed by atoms with E-state index in [-0.39, 0.29) is 11.5 Å². The third kappa shape index (κ3) is 1.70. The van der Waals surface area contributed by atoms with E-state index in [2.05, 4.69) is 6.58 Å². The van der Waals surface area contributed by atoms with Gasteiger partial charge in [-0.2, -0.15) is 0 Å². The average molecular weight is 213 g/mol. The van der Waals surface area contributed by atoms with E-state index in [1.54, 1.807) is 24.3 Å². The Morgan fingerprint density at radius 1 is 1.00 bits per heavy atom. The Balaban J connectivity index is 2.67. The fourth-order valence-electron chi connectivity index (χ4n) is 1.68. The summed E-state index contributed by atoms with van der Waals surface area (Å²) in [4.78, 5) is 0. The largest absolute Gasteiger partial charge is 0.396 e. The van der Waals surface area contributed by atoms with E-state index < -0.39 is 0 Å². The molecular formula is C14H12FN. The highest BCUT2D eigenvalue weighted by Gasteiger charge is 2.09. The number of anilines is 1. The molecule has 80 valence electrons. The van der Waals surface area contributed by atoms with Gasteiger partial charge in [0.2, 0.25) is 0 Å². The average Bonchev–Trinajstić information content (AvgIpc) is 2.33. The number of hydrogen-bond donors (Lipinski definition) is 1. The minimum Gasteiger partial charge on any atom is -0.396 e. The van der Waals surface area contributed by atoms with Gasteiger partial charge in [-0.3, -0.25) is 0 Å². The van der Waals surface area contributed by atoms with Gasteiger partial charge in [0.25, 0.3) is 0 Å². The summed E-state index contributed by atoms with van der Waals surface area (Å²) in [5, 5.41) is 0. The number of nitrogen functional groups attached to an aromatic ring is 1. The lowest BCUT2D eigenvalue weighted by Gasteiger charge is -2.08. The summed E-state index contributed by atoms with van der Waals surface area (Å²) in [7, 11) is 0. The van der Waals surface area contributed by atoms with E-state index in [1.807, 2.05) is 24.3 Å². The topological polar surface area (TPSA) is 26.0 Å². The Morgan fingerprint density at radius 2 is 1.69 bits per heavy atom. The monoisotopic (exact) mass is 213 g/mol. The molecule has 0 aliphatic heterocycles. The maximum Gasteiger partial charge on any atom is 0.153 e. The maximum atomic E-state index is 13.8. The Kier molecular flexibility index (Phi) is 2.73. The Hall–Kier alpha value is -2.09. The van der Waals surface area contributed by atoms with Crippen LogP contribution in [0.5, 0.6) is 0 Å². The zero-order chi connectivity index (χ0) is 11.5. The Bertz CT molecular complexity index is 532. The fourth-order valence-corrected chi connectivity index (χ4v) is 1.68. The highest BCUT2D eigenvalue weighted by Crippen LogP contribution is 2.29. The van der Waals surface area contributed by atoms with Crippen LogP contribution in [0.2, 0.25) is 0 Å². The Morgan fingerprint density at radius 3 is 2.44 bits per heavy atom. The van der Waals surface area contributed by atoms with Crippen LogP contribution in [0.15, 0.2) is 49.0 Å². The maximum absolute atomic E-state index is 13.8. The minimum absolute atomic E-state index is 0.163. The van der Waals surface area contributed by atoms with Crippen LogP contribution in [0.3, 0.4) is 0 Å². The van der Waals surface area contributed by atoms with Crippen molar-refractivity contribution in [2.45, 2.75) is 0 Å². The summed E-state index contributed by atoms with van der Waals surface area (Å²) in [6, 6.07) is 12.5. The normalized spacial score (nSPS) is 10.1. The minimum atomic E-state index is -0.378. The number of hydrogen-bond acceptors (Lipinski definition) is 1. The van der Waals surface area contributed by atoms with Crippen LogP contribution in [-0.4, -0.2) is 0 Å². The molecule has 0 aliphatic rings. The summed E-state index contributed by atoms with van der Waals surface area (Å²) >= 11 is 0. The molecule has 2 rings (SSSR count). The van der Waals surface area contributed by atoms with E-state index in [9.17, 15) is 4.39 Å². The van der Waals surface area contributed by atoms with E-state index in [4.69, 9.17) is 5.73 Å². The third-order valence-corrected chi connectivity index (χ3v) is 2.50. The first kappa shape index (κ1) is 10.4. The van der Waals surface area contributed by atoms with Crippen LogP contribution in [-0.2, 0) is 0 Å². The molecular weight excluding hydrogens is 201 g/mol. The number of rotatable bonds is 2. The highest BCUT2D eigenvalue weighted by atomic mass is 19.1. The first-order valence-electron chi connectivity index (χ1n) is 5.00. The van der Waals surface area contributed by atoms with Crippen LogP contribution in [0.1, 0.15) is 5.56 Å². The van der Waals surface area contributed by atoms with Gasteiger partial charge in [-0.1, -0.05) is 49.1 Å². The van der Waals surface area contributed by atoms with Crippen molar-refractivity contribution >= 4 is 11.8 Å². The molecule has 0 aliphatic carbocycles. The third-order valence-electron chi connectivity index (χ3n) is 2.50. The van der Waals surface area contributed by atoms with Crippen LogP contribution in [0, 0.1) is 5.82 Å². The van der Waals surface area contributed by atoms with Crippen molar-refractivity contribution in [2.75, 3.05) is 5.73 Å². The molecule has 2 N–H and O–H groups in total. The first-order valence-corrected chi connectivity index (χ1v) is 5.00. The second-order valence-electron chi connectivity index (χ2n) is 3.50. The van der Waals surface area contributed by atoms with Crippen molar-refractivity contribution in [3.05, 3.63) is 60.4 Å². The van der Waals surface area contributed by atoms with Crippen LogP contribution in [0.4, 0.5) is 10.1 Å². The van der Waals surface area contributed by atoms with Crippen molar-refractivity contribution in [1.82, 2.24) is 0 Å². The molecule has 0 saturated carbocycles. The molecule has 1 nitrogen and oxygen atoms in total. The summed E-state index contributed by atoms with van der Waals surface area (Å²) in [5.74, 6) is -0.378. The standard InChI is InChI=1S/C14H12FN/c1-2-10-6-3-4-7-11(10)12-8-5-9-13(16)14(12)15/h2-9H,1,16H2. The number of nitrogens with two attached hydrogens (primary N) is 1. The lowest BCUT2D eigenvalue weighted by atomic mass is 9.99. The molecule has 16 heavy (non-hydrogen) atoms. The summed E-state index contributed by atoms with van der Waals surface area (Å²) in [5.41, 5.74) is 7.92. The summed E-state index contributed by atoms with van der Waals surface area (Å²) in [6.07, 6.45) is 1.71. The van der Waals surface area contributed by atoms with Gasteiger partial charge in [0, 0.05) is 5.56 Å². The molecule has 0 amide bonds. The van der Waals surface area contributed by atoms with Gasteiger partial charge in [0.15, 0.2) is 5.82 Å². The van der Waals surface area contributed by atoms with Gasteiger partial charge in [0.05, 0.1) is 5.69 Å². The van der Waals surface area contributed by atoms with E-state index in [0.29, 0.717) is 5.56 Å². The van der Waals surface area contributed by atoms with Crippen molar-refractivity contribution in [2.24, 2.45) is 0 Å². The lowest BCUT2D eigenvalue weighted by molar-refractivity contribution is 0.636. The van der Waals surface area contributed by atoms with Crippen molar-refractivity contribution in [1.29, 1.82) is 0 Å². The van der Waals surface area contributed by atoms with Crippen molar-refractivity contribution in [3.63, 3.8) is 0 Å². The molecule has 0 radical (unpaired) electrons. The molecule has 2 aromatic carbocycles. The highest BCUT2D eigenvalue weighted by molar-refractivity contribution is 5.77. The van der Waals surface area contributed by atoms with Crippen molar-refractivity contribution in [3.8, 4) is 11.1 Å². The molecule has 0 spiro atoms. The number of halogens is 1. The van der Waals surface area contributed by atoms with Crippen LogP contribution < -0.4 is 5.73 Å². The second kappa shape index (κ2) is 4.19. The summed E-state index contributed by atoms with van der Waals surface area (Å²) in [6.45, 7) is 3.72. The van der Waals surface area contributed by atoms with E-state index in [1.165, 1.54) is 0 Å². The predicted octanol–water partition coefficient (Wildman–Crippen LogP) is 3.72. The Labute approximate surface area is 94.0 Å². The van der Waals surface area contributed by atoms with Gasteiger partial charge in [-0.25, -0.2) is 4.39 Å². The molecule has 0 unspecified atom stereocenters. The van der Waals surface area contributed by atoms with Gasteiger partial charge in [-0.15, -0.1) is 0 Å². The molecule has 0 fully saturated rings. The fraction of sp³-hybridized carbons (Fsp3) is 0. The van der Waals surface area contributed by atoms with E-state index in [0.717, 1.165) is 11.1 Å². The second-order valence-corrected chi connectivity index (χ2v) is 3.50. The van der Waals surface area contributed by atoms with Gasteiger partial charge < -0.3 is 5.73 Å². The van der Waals surface area contributed by atoms with Gasteiger partial charge in [-0.05, 0) is 17.2 Å². The smallest absolute Gasteiger partial charge is 0.153 e. The summed E-state index contributed by atoms with van der Waals surface area (Å²) < 4.78 is 13.8.